The molecule has 1 amide bonds. The summed E-state index contributed by atoms with van der Waals surface area (Å²) in [5.74, 6) is 0.988. The van der Waals surface area contributed by atoms with Crippen molar-refractivity contribution in [2.75, 3.05) is 24.4 Å². The van der Waals surface area contributed by atoms with E-state index in [-0.39, 0.29) is 23.6 Å². The molecule has 0 radical (unpaired) electrons. The minimum absolute atomic E-state index is 0.0156. The van der Waals surface area contributed by atoms with Gasteiger partial charge in [-0.05, 0) is 54.0 Å². The van der Waals surface area contributed by atoms with Crippen LogP contribution >= 0.6 is 11.0 Å². The fourth-order valence-corrected chi connectivity index (χ4v) is 4.90. The van der Waals surface area contributed by atoms with Crippen LogP contribution in [0.2, 0.25) is 0 Å². The maximum atomic E-state index is 13.1. The third kappa shape index (κ3) is 4.82. The summed E-state index contributed by atoms with van der Waals surface area (Å²) in [6.45, 7) is 5.86. The lowest BCUT2D eigenvalue weighted by atomic mass is 9.98. The zero-order valence-electron chi connectivity index (χ0n) is 18.2. The number of piperidine rings is 1. The van der Waals surface area contributed by atoms with Crippen molar-refractivity contribution in [1.82, 2.24) is 9.88 Å². The van der Waals surface area contributed by atoms with E-state index in [0.717, 1.165) is 25.1 Å². The van der Waals surface area contributed by atoms with Gasteiger partial charge in [-0.1, -0.05) is 19.9 Å². The summed E-state index contributed by atoms with van der Waals surface area (Å²) in [5.41, 5.74) is 8.52. The predicted molar refractivity (Wildman–Crippen MR) is 126 cm³/mol. The van der Waals surface area contributed by atoms with Crippen LogP contribution in [0.3, 0.4) is 0 Å². The van der Waals surface area contributed by atoms with Gasteiger partial charge in [-0.2, -0.15) is 0 Å². The quantitative estimate of drug-likeness (QED) is 0.534. The number of ether oxygens (including phenoxy) is 1. The number of nitrogens with two attached hydrogens (primary N) is 1. The number of hydrogen-bond donors (Lipinski definition) is 4. The van der Waals surface area contributed by atoms with E-state index in [9.17, 15) is 13.9 Å². The number of rotatable bonds is 5. The topological polar surface area (TPSA) is 133 Å². The number of fused-ring (bicyclic) bond motifs is 1. The molecule has 172 valence electrons. The minimum Gasteiger partial charge on any atom is -0.492 e. The second-order valence-electron chi connectivity index (χ2n) is 8.47. The lowest BCUT2D eigenvalue weighted by Crippen LogP contribution is -2.41. The molecule has 0 saturated carbocycles. The average molecular weight is 460 g/mol. The number of nitrogens with zero attached hydrogens (tertiary/aromatic N) is 3. The molecule has 2 aliphatic heterocycles. The Morgan fingerprint density at radius 2 is 2.19 bits per heavy atom. The van der Waals surface area contributed by atoms with Gasteiger partial charge in [-0.3, -0.25) is 23.6 Å². The number of carbonyl (C=O) groups excluding carboxylic acids is 1. The van der Waals surface area contributed by atoms with Gasteiger partial charge >= 0.3 is 0 Å². The molecule has 10 heteroatoms. The van der Waals surface area contributed by atoms with Crippen LogP contribution in [0.5, 0.6) is 5.75 Å². The van der Waals surface area contributed by atoms with Crippen LogP contribution in [-0.4, -0.2) is 50.4 Å². The standard InChI is InChI=1S/C22H29N5O4S/c1-14(2)18-11-16(8-9-24-18)22(28)27-10-4-5-15(12-27)13-31-19-7-3-6-17-20(19)21(23)26-32(29,30)25-17/h3,6-9,11,14-15,25,29-30H,4-5,10,12-13H2,1-2H3,(H2,23,26). The molecule has 2 aromatic rings. The second-order valence-corrected chi connectivity index (χ2v) is 9.89. The molecule has 2 aliphatic rings. The monoisotopic (exact) mass is 459 g/mol. The van der Waals surface area contributed by atoms with Gasteiger partial charge in [0.1, 0.15) is 5.75 Å². The van der Waals surface area contributed by atoms with Crippen molar-refractivity contribution in [3.05, 3.63) is 53.3 Å². The van der Waals surface area contributed by atoms with Gasteiger partial charge in [0.15, 0.2) is 5.84 Å². The first-order chi connectivity index (χ1) is 15.2. The maximum absolute atomic E-state index is 13.1. The molecule has 0 spiro atoms. The molecule has 0 bridgehead atoms. The highest BCUT2D eigenvalue weighted by Crippen LogP contribution is 2.46. The Balaban J connectivity index is 1.43. The highest BCUT2D eigenvalue weighted by atomic mass is 32.3. The fourth-order valence-electron chi connectivity index (χ4n) is 4.03. The molecule has 1 fully saturated rings. The number of nitrogens with one attached hydrogen (secondary N) is 1. The number of carbonyl (C=O) groups is 1. The summed E-state index contributed by atoms with van der Waals surface area (Å²) in [6, 6.07) is 8.86. The number of aromatic nitrogens is 1. The number of anilines is 1. The zero-order chi connectivity index (χ0) is 22.9. The van der Waals surface area contributed by atoms with Crippen molar-refractivity contribution in [3.63, 3.8) is 0 Å². The SMILES string of the molecule is CC(C)c1cc(C(=O)N2CCCC(COc3cccc4c3C(N)=NS(O)(O)N4)C2)ccn1. The summed E-state index contributed by atoms with van der Waals surface area (Å²) < 4.78 is 32.0. The maximum Gasteiger partial charge on any atom is 0.253 e. The van der Waals surface area contributed by atoms with E-state index in [2.05, 4.69) is 28.0 Å². The van der Waals surface area contributed by atoms with Gasteiger partial charge in [0, 0.05) is 36.5 Å². The number of amides is 1. The largest absolute Gasteiger partial charge is 0.492 e. The van der Waals surface area contributed by atoms with Gasteiger partial charge in [-0.15, -0.1) is 4.40 Å². The van der Waals surface area contributed by atoms with E-state index < -0.39 is 11.0 Å². The molecule has 1 atom stereocenters. The van der Waals surface area contributed by atoms with Crippen molar-refractivity contribution < 1.29 is 18.6 Å². The second kappa shape index (κ2) is 8.97. The van der Waals surface area contributed by atoms with Crippen LogP contribution in [0.15, 0.2) is 40.9 Å². The first-order valence-electron chi connectivity index (χ1n) is 10.7. The highest BCUT2D eigenvalue weighted by molar-refractivity contribution is 8.24. The van der Waals surface area contributed by atoms with Crippen LogP contribution in [0.4, 0.5) is 5.69 Å². The molecule has 0 aliphatic carbocycles. The summed E-state index contributed by atoms with van der Waals surface area (Å²) in [5, 5.41) is 0. The third-order valence-corrected chi connectivity index (χ3v) is 6.60. The van der Waals surface area contributed by atoms with E-state index in [1.54, 1.807) is 30.5 Å². The molecule has 1 aromatic heterocycles. The van der Waals surface area contributed by atoms with Crippen LogP contribution in [-0.2, 0) is 0 Å². The molecular formula is C22H29N5O4S. The van der Waals surface area contributed by atoms with E-state index in [4.69, 9.17) is 10.5 Å². The zero-order valence-corrected chi connectivity index (χ0v) is 19.0. The number of likely N-dealkylation sites (tertiary alicyclic amines) is 1. The molecule has 9 nitrogen and oxygen atoms in total. The number of amidine groups is 1. The Morgan fingerprint density at radius 3 is 2.97 bits per heavy atom. The van der Waals surface area contributed by atoms with Gasteiger partial charge < -0.3 is 15.4 Å². The van der Waals surface area contributed by atoms with Crippen LogP contribution in [0, 0.1) is 5.92 Å². The van der Waals surface area contributed by atoms with E-state index in [1.165, 1.54) is 0 Å². The van der Waals surface area contributed by atoms with Crippen molar-refractivity contribution in [1.29, 1.82) is 0 Å². The summed E-state index contributed by atoms with van der Waals surface area (Å²) in [4.78, 5) is 19.3. The van der Waals surface area contributed by atoms with E-state index in [1.807, 2.05) is 11.0 Å². The Labute approximate surface area is 189 Å². The van der Waals surface area contributed by atoms with Crippen molar-refractivity contribution in [2.45, 2.75) is 32.6 Å². The molecule has 1 aromatic carbocycles. The fraction of sp³-hybridized carbons (Fsp3) is 0.409. The third-order valence-electron chi connectivity index (χ3n) is 5.66. The number of pyridine rings is 1. The summed E-state index contributed by atoms with van der Waals surface area (Å²) in [7, 11) is -3.34. The van der Waals surface area contributed by atoms with Crippen LogP contribution < -0.4 is 15.2 Å². The lowest BCUT2D eigenvalue weighted by molar-refractivity contribution is 0.0633. The lowest BCUT2D eigenvalue weighted by Gasteiger charge is -2.34. The molecule has 1 saturated heterocycles. The molecule has 1 unspecified atom stereocenters. The molecular weight excluding hydrogens is 430 g/mol. The van der Waals surface area contributed by atoms with E-state index >= 15 is 0 Å². The van der Waals surface area contributed by atoms with Gasteiger partial charge in [0.25, 0.3) is 5.91 Å². The molecule has 5 N–H and O–H groups in total. The smallest absolute Gasteiger partial charge is 0.253 e. The summed E-state index contributed by atoms with van der Waals surface area (Å²) >= 11 is 0. The normalized spacial score (nSPS) is 20.7. The van der Waals surface area contributed by atoms with Crippen molar-refractivity contribution >= 4 is 28.4 Å². The minimum atomic E-state index is -3.34. The Morgan fingerprint density at radius 1 is 1.38 bits per heavy atom. The first kappa shape index (κ1) is 22.4. The van der Waals surface area contributed by atoms with Crippen molar-refractivity contribution in [3.8, 4) is 5.75 Å². The number of benzene rings is 1. The van der Waals surface area contributed by atoms with Crippen molar-refractivity contribution in [2.24, 2.45) is 16.0 Å². The predicted octanol–water partition coefficient (Wildman–Crippen LogP) is 3.85. The number of hydrogen-bond acceptors (Lipinski definition) is 8. The van der Waals surface area contributed by atoms with Crippen LogP contribution in [0.1, 0.15) is 54.2 Å². The first-order valence-corrected chi connectivity index (χ1v) is 12.2. The Kier molecular flexibility index (Phi) is 6.27. The van der Waals surface area contributed by atoms with Gasteiger partial charge in [0.05, 0.1) is 17.9 Å². The van der Waals surface area contributed by atoms with Gasteiger partial charge in [0.2, 0.25) is 0 Å². The Hall–Kier alpha value is -2.82. The molecule has 4 rings (SSSR count). The molecule has 32 heavy (non-hydrogen) atoms. The van der Waals surface area contributed by atoms with Gasteiger partial charge in [-0.25, -0.2) is 0 Å². The van der Waals surface area contributed by atoms with E-state index in [0.29, 0.717) is 35.7 Å². The highest BCUT2D eigenvalue weighted by Gasteiger charge is 2.28. The Bertz CT molecular complexity index is 1040. The average Bonchev–Trinajstić information content (AvgIpc) is 2.76. The van der Waals surface area contributed by atoms with Crippen LogP contribution in [0.25, 0.3) is 0 Å². The summed E-state index contributed by atoms with van der Waals surface area (Å²) in [6.07, 6.45) is 3.55. The molecule has 3 heterocycles.